The number of nitrogens with zero attached hydrogens (tertiary/aromatic N) is 2. The summed E-state index contributed by atoms with van der Waals surface area (Å²) in [5.41, 5.74) is 3.80. The summed E-state index contributed by atoms with van der Waals surface area (Å²) >= 11 is 0. The van der Waals surface area contributed by atoms with Gasteiger partial charge >= 0.3 is 0 Å². The first kappa shape index (κ1) is 21.8. The predicted octanol–water partition coefficient (Wildman–Crippen LogP) is 3.78. The second-order valence-corrected chi connectivity index (χ2v) is 7.10. The Bertz CT molecular complexity index is 726. The van der Waals surface area contributed by atoms with Gasteiger partial charge in [0.2, 0.25) is 0 Å². The minimum atomic E-state index is 0. The van der Waals surface area contributed by atoms with Crippen LogP contribution in [0, 0.1) is 12.8 Å². The normalized spacial score (nSPS) is 20.0. The summed E-state index contributed by atoms with van der Waals surface area (Å²) in [5, 5.41) is 6.86. The lowest BCUT2D eigenvalue weighted by Gasteiger charge is -2.32. The van der Waals surface area contributed by atoms with E-state index in [0.29, 0.717) is 5.92 Å². The summed E-state index contributed by atoms with van der Waals surface area (Å²) in [7, 11) is 3.85. The van der Waals surface area contributed by atoms with Gasteiger partial charge in [0.05, 0.1) is 6.10 Å². The van der Waals surface area contributed by atoms with E-state index in [2.05, 4.69) is 69.8 Å². The van der Waals surface area contributed by atoms with Crippen molar-refractivity contribution in [2.24, 2.45) is 18.0 Å². The number of halogens is 1. The van der Waals surface area contributed by atoms with Crippen LogP contribution in [0.5, 0.6) is 0 Å². The first-order chi connectivity index (χ1) is 12.7. The molecule has 0 saturated carbocycles. The first-order valence-electron chi connectivity index (χ1n) is 9.39. The van der Waals surface area contributed by atoms with Crippen molar-refractivity contribution in [3.63, 3.8) is 0 Å². The average Bonchev–Trinajstić information content (AvgIpc) is 3.08. The number of benzene rings is 1. The Morgan fingerprint density at radius 2 is 2.00 bits per heavy atom. The highest BCUT2D eigenvalue weighted by Gasteiger charge is 2.27. The van der Waals surface area contributed by atoms with Crippen LogP contribution in [0.1, 0.15) is 35.6 Å². The third kappa shape index (κ3) is 6.24. The maximum Gasteiger partial charge on any atom is 0.191 e. The molecular formula is C21H31IN4O. The summed E-state index contributed by atoms with van der Waals surface area (Å²) in [5.74, 6) is 1.28. The van der Waals surface area contributed by atoms with Crippen molar-refractivity contribution in [2.75, 3.05) is 20.2 Å². The fraction of sp³-hybridized carbons (Fsp3) is 0.476. The van der Waals surface area contributed by atoms with Crippen molar-refractivity contribution in [1.82, 2.24) is 15.2 Å². The van der Waals surface area contributed by atoms with E-state index >= 15 is 0 Å². The van der Waals surface area contributed by atoms with Gasteiger partial charge in [-0.1, -0.05) is 29.8 Å². The third-order valence-corrected chi connectivity index (χ3v) is 4.96. The monoisotopic (exact) mass is 482 g/mol. The molecule has 1 fully saturated rings. The van der Waals surface area contributed by atoms with Crippen molar-refractivity contribution in [2.45, 2.75) is 32.4 Å². The van der Waals surface area contributed by atoms with Gasteiger partial charge in [-0.05, 0) is 37.0 Å². The summed E-state index contributed by atoms with van der Waals surface area (Å²) < 4.78 is 8.17. The summed E-state index contributed by atoms with van der Waals surface area (Å²) in [6.45, 7) is 4.58. The van der Waals surface area contributed by atoms with E-state index in [1.807, 2.05) is 14.1 Å². The van der Waals surface area contributed by atoms with Crippen LogP contribution in [0.4, 0.5) is 0 Å². The van der Waals surface area contributed by atoms with E-state index in [-0.39, 0.29) is 30.1 Å². The Balaban J connectivity index is 0.00000261. The third-order valence-electron chi connectivity index (χ3n) is 4.96. The molecule has 2 heterocycles. The molecule has 1 saturated heterocycles. The molecule has 0 amide bonds. The average molecular weight is 482 g/mol. The Kier molecular flexibility index (Phi) is 8.63. The fourth-order valence-corrected chi connectivity index (χ4v) is 3.48. The van der Waals surface area contributed by atoms with Crippen LogP contribution in [0.2, 0.25) is 0 Å². The molecule has 2 unspecified atom stereocenters. The minimum absolute atomic E-state index is 0. The molecule has 27 heavy (non-hydrogen) atoms. The first-order valence-corrected chi connectivity index (χ1v) is 9.39. The molecular weight excluding hydrogens is 451 g/mol. The molecule has 0 bridgehead atoms. The van der Waals surface area contributed by atoms with E-state index in [4.69, 9.17) is 4.74 Å². The highest BCUT2D eigenvalue weighted by atomic mass is 127. The lowest BCUT2D eigenvalue weighted by Crippen LogP contribution is -2.41. The number of aryl methyl sites for hydroxylation is 2. The van der Waals surface area contributed by atoms with E-state index in [1.165, 1.54) is 23.1 Å². The highest BCUT2D eigenvalue weighted by Crippen LogP contribution is 2.33. The zero-order valence-electron chi connectivity index (χ0n) is 16.4. The van der Waals surface area contributed by atoms with Crippen molar-refractivity contribution in [3.05, 3.63) is 59.4 Å². The van der Waals surface area contributed by atoms with Crippen LogP contribution in [0.15, 0.2) is 47.7 Å². The van der Waals surface area contributed by atoms with Gasteiger partial charge in [-0.3, -0.25) is 4.99 Å². The molecule has 6 heteroatoms. The molecule has 2 N–H and O–H groups in total. The second-order valence-electron chi connectivity index (χ2n) is 7.10. The van der Waals surface area contributed by atoms with Crippen LogP contribution in [-0.4, -0.2) is 30.7 Å². The Morgan fingerprint density at radius 1 is 1.22 bits per heavy atom. The smallest absolute Gasteiger partial charge is 0.191 e. The lowest BCUT2D eigenvalue weighted by atomic mass is 9.89. The SMILES string of the molecule is CN=C(NCc1ccn(C)c1)NCC1CCCOC1c1ccc(C)cc1.I. The molecule has 1 aliphatic rings. The van der Waals surface area contributed by atoms with Crippen LogP contribution < -0.4 is 10.6 Å². The van der Waals surface area contributed by atoms with Crippen molar-refractivity contribution < 1.29 is 4.74 Å². The summed E-state index contributed by atoms with van der Waals surface area (Å²) in [6, 6.07) is 10.8. The Labute approximate surface area is 179 Å². The number of aromatic nitrogens is 1. The van der Waals surface area contributed by atoms with Crippen LogP contribution in [0.25, 0.3) is 0 Å². The van der Waals surface area contributed by atoms with Gasteiger partial charge in [0.15, 0.2) is 5.96 Å². The van der Waals surface area contributed by atoms with Gasteiger partial charge in [-0.15, -0.1) is 24.0 Å². The number of nitrogens with one attached hydrogen (secondary N) is 2. The van der Waals surface area contributed by atoms with Crippen LogP contribution >= 0.6 is 24.0 Å². The van der Waals surface area contributed by atoms with Crippen molar-refractivity contribution in [3.8, 4) is 0 Å². The van der Waals surface area contributed by atoms with E-state index < -0.39 is 0 Å². The fourth-order valence-electron chi connectivity index (χ4n) is 3.48. The quantitative estimate of drug-likeness (QED) is 0.388. The number of rotatable bonds is 5. The summed E-state index contributed by atoms with van der Waals surface area (Å²) in [6.07, 6.45) is 6.61. The molecule has 1 aromatic carbocycles. The zero-order valence-corrected chi connectivity index (χ0v) is 18.8. The van der Waals surface area contributed by atoms with Gasteiger partial charge in [0, 0.05) is 52.1 Å². The van der Waals surface area contributed by atoms with Crippen LogP contribution in [0.3, 0.4) is 0 Å². The number of guanidine groups is 1. The Hall–Kier alpha value is -1.54. The van der Waals surface area contributed by atoms with Crippen LogP contribution in [-0.2, 0) is 18.3 Å². The van der Waals surface area contributed by atoms with Crippen molar-refractivity contribution >= 4 is 29.9 Å². The molecule has 0 spiro atoms. The topological polar surface area (TPSA) is 50.6 Å². The van der Waals surface area contributed by atoms with Gasteiger partial charge in [-0.2, -0.15) is 0 Å². The number of hydrogen-bond donors (Lipinski definition) is 2. The lowest BCUT2D eigenvalue weighted by molar-refractivity contribution is -0.0265. The zero-order chi connectivity index (χ0) is 18.4. The maximum atomic E-state index is 6.11. The van der Waals surface area contributed by atoms with Gasteiger partial charge in [-0.25, -0.2) is 0 Å². The molecule has 2 atom stereocenters. The van der Waals surface area contributed by atoms with Gasteiger partial charge in [0.1, 0.15) is 0 Å². The standard InChI is InChI=1S/C21H30N4O.HI/c1-16-6-8-18(9-7-16)20-19(5-4-12-26-20)14-24-21(22-2)23-13-17-10-11-25(3)15-17;/h6-11,15,19-20H,4-5,12-14H2,1-3H3,(H2,22,23,24);1H. The minimum Gasteiger partial charge on any atom is -0.373 e. The highest BCUT2D eigenvalue weighted by molar-refractivity contribution is 14.0. The number of hydrogen-bond acceptors (Lipinski definition) is 2. The van der Waals surface area contributed by atoms with Crippen molar-refractivity contribution in [1.29, 1.82) is 0 Å². The largest absolute Gasteiger partial charge is 0.373 e. The van der Waals surface area contributed by atoms with E-state index in [0.717, 1.165) is 32.1 Å². The van der Waals surface area contributed by atoms with Gasteiger partial charge in [0.25, 0.3) is 0 Å². The predicted molar refractivity (Wildman–Crippen MR) is 122 cm³/mol. The molecule has 3 rings (SSSR count). The van der Waals surface area contributed by atoms with Gasteiger partial charge < -0.3 is 19.9 Å². The van der Waals surface area contributed by atoms with E-state index in [9.17, 15) is 0 Å². The molecule has 148 valence electrons. The number of aliphatic imine (C=N–C) groups is 1. The molecule has 1 aliphatic heterocycles. The molecule has 5 nitrogen and oxygen atoms in total. The molecule has 1 aromatic heterocycles. The summed E-state index contributed by atoms with van der Waals surface area (Å²) in [4.78, 5) is 4.35. The molecule has 0 radical (unpaired) electrons. The maximum absolute atomic E-state index is 6.11. The number of ether oxygens (including phenoxy) is 1. The Morgan fingerprint density at radius 3 is 2.67 bits per heavy atom. The second kappa shape index (κ2) is 10.7. The molecule has 0 aliphatic carbocycles. The van der Waals surface area contributed by atoms with E-state index in [1.54, 1.807) is 0 Å². The molecule has 2 aromatic rings.